The minimum Gasteiger partial charge on any atom is -0.456 e. The lowest BCUT2D eigenvalue weighted by Crippen LogP contribution is -2.02. The van der Waals surface area contributed by atoms with Crippen molar-refractivity contribution < 1.29 is 9.53 Å². The van der Waals surface area contributed by atoms with Crippen LogP contribution in [0.4, 0.5) is 0 Å². The summed E-state index contributed by atoms with van der Waals surface area (Å²) in [7, 11) is 0. The Morgan fingerprint density at radius 1 is 1.23 bits per heavy atom. The van der Waals surface area contributed by atoms with Gasteiger partial charge in [0, 0.05) is 12.3 Å². The van der Waals surface area contributed by atoms with Gasteiger partial charge in [-0.25, -0.2) is 4.79 Å². The van der Waals surface area contributed by atoms with Crippen molar-refractivity contribution in [3.05, 3.63) is 0 Å². The first-order chi connectivity index (χ1) is 6.31. The van der Waals surface area contributed by atoms with E-state index in [0.717, 1.165) is 12.8 Å². The Morgan fingerprint density at radius 2 is 2.00 bits per heavy atom. The van der Waals surface area contributed by atoms with E-state index in [-0.39, 0.29) is 0 Å². The van der Waals surface area contributed by atoms with Crippen LogP contribution in [-0.2, 0) is 9.53 Å². The highest BCUT2D eigenvalue weighted by molar-refractivity contribution is 5.88. The standard InChI is InChI=1S/C11H18O2/c1-3-5-7-8-10-13-11(12)9-6-4-2/h3-5,7-8,10H2,1-2H3. The SMILES string of the molecule is CCC#CC(=O)OCCCCCC. The molecule has 0 aliphatic heterocycles. The third-order valence-electron chi connectivity index (χ3n) is 1.60. The van der Waals surface area contributed by atoms with E-state index in [1.807, 2.05) is 6.92 Å². The minimum atomic E-state index is -0.390. The molecule has 0 amide bonds. The van der Waals surface area contributed by atoms with E-state index in [0.29, 0.717) is 13.0 Å². The van der Waals surface area contributed by atoms with Crippen LogP contribution < -0.4 is 0 Å². The van der Waals surface area contributed by atoms with Crippen LogP contribution in [0.15, 0.2) is 0 Å². The van der Waals surface area contributed by atoms with E-state index in [4.69, 9.17) is 4.74 Å². The molecule has 0 bridgehead atoms. The first kappa shape index (κ1) is 12.0. The van der Waals surface area contributed by atoms with Gasteiger partial charge in [0.25, 0.3) is 0 Å². The molecular weight excluding hydrogens is 164 g/mol. The number of esters is 1. The number of ether oxygens (including phenoxy) is 1. The van der Waals surface area contributed by atoms with Crippen molar-refractivity contribution in [1.82, 2.24) is 0 Å². The van der Waals surface area contributed by atoms with Crippen molar-refractivity contribution in [3.63, 3.8) is 0 Å². The van der Waals surface area contributed by atoms with E-state index in [2.05, 4.69) is 18.8 Å². The lowest BCUT2D eigenvalue weighted by molar-refractivity contribution is -0.136. The smallest absolute Gasteiger partial charge is 0.384 e. The molecule has 0 atom stereocenters. The van der Waals surface area contributed by atoms with Gasteiger partial charge in [-0.15, -0.1) is 0 Å². The van der Waals surface area contributed by atoms with Crippen molar-refractivity contribution >= 4 is 5.97 Å². The molecule has 0 aromatic heterocycles. The average molecular weight is 182 g/mol. The average Bonchev–Trinajstić information content (AvgIpc) is 2.14. The molecule has 0 saturated carbocycles. The van der Waals surface area contributed by atoms with Crippen LogP contribution in [0.3, 0.4) is 0 Å². The van der Waals surface area contributed by atoms with Gasteiger partial charge >= 0.3 is 5.97 Å². The minimum absolute atomic E-state index is 0.390. The van der Waals surface area contributed by atoms with Crippen LogP contribution in [0.1, 0.15) is 46.0 Å². The van der Waals surface area contributed by atoms with Gasteiger partial charge in [-0.2, -0.15) is 0 Å². The highest BCUT2D eigenvalue weighted by Gasteiger charge is 1.95. The number of unbranched alkanes of at least 4 members (excludes halogenated alkanes) is 3. The first-order valence-electron chi connectivity index (χ1n) is 4.96. The Labute approximate surface area is 80.7 Å². The van der Waals surface area contributed by atoms with Crippen LogP contribution in [0.5, 0.6) is 0 Å². The van der Waals surface area contributed by atoms with Gasteiger partial charge in [0.1, 0.15) is 0 Å². The summed E-state index contributed by atoms with van der Waals surface area (Å²) in [6.45, 7) is 4.57. The second-order valence-corrected chi connectivity index (χ2v) is 2.85. The normalized spacial score (nSPS) is 8.77. The Hall–Kier alpha value is -0.970. The van der Waals surface area contributed by atoms with Gasteiger partial charge < -0.3 is 4.74 Å². The number of carbonyl (C=O) groups is 1. The summed E-state index contributed by atoms with van der Waals surface area (Å²) in [4.78, 5) is 10.8. The fourth-order valence-electron chi connectivity index (χ4n) is 0.890. The van der Waals surface area contributed by atoms with Crippen molar-refractivity contribution in [3.8, 4) is 11.8 Å². The monoisotopic (exact) mass is 182 g/mol. The lowest BCUT2D eigenvalue weighted by atomic mass is 10.2. The van der Waals surface area contributed by atoms with Gasteiger partial charge in [0.2, 0.25) is 0 Å². The Morgan fingerprint density at radius 3 is 2.62 bits per heavy atom. The highest BCUT2D eigenvalue weighted by atomic mass is 16.5. The zero-order chi connectivity index (χ0) is 9.94. The highest BCUT2D eigenvalue weighted by Crippen LogP contribution is 1.98. The zero-order valence-corrected chi connectivity index (χ0v) is 8.56. The van der Waals surface area contributed by atoms with Gasteiger partial charge in [0.15, 0.2) is 0 Å². The molecule has 0 aliphatic carbocycles. The predicted molar refractivity (Wildman–Crippen MR) is 53.2 cm³/mol. The number of hydrogen-bond donors (Lipinski definition) is 0. The molecule has 0 saturated heterocycles. The fraction of sp³-hybridized carbons (Fsp3) is 0.727. The first-order valence-corrected chi connectivity index (χ1v) is 4.96. The van der Waals surface area contributed by atoms with Gasteiger partial charge in [0.05, 0.1) is 6.61 Å². The molecule has 0 aromatic carbocycles. The largest absolute Gasteiger partial charge is 0.456 e. The van der Waals surface area contributed by atoms with Gasteiger partial charge in [-0.05, 0) is 6.42 Å². The molecule has 0 spiro atoms. The maximum Gasteiger partial charge on any atom is 0.384 e. The van der Waals surface area contributed by atoms with E-state index >= 15 is 0 Å². The molecular formula is C11H18O2. The Bertz CT molecular complexity index is 186. The molecule has 0 aliphatic rings. The Balaban J connectivity index is 3.27. The molecule has 0 aromatic rings. The molecule has 2 nitrogen and oxygen atoms in total. The summed E-state index contributed by atoms with van der Waals surface area (Å²) < 4.78 is 4.88. The lowest BCUT2D eigenvalue weighted by Gasteiger charge is -1.99. The molecule has 0 rings (SSSR count). The summed E-state index contributed by atoms with van der Waals surface area (Å²) in [6.07, 6.45) is 5.19. The number of hydrogen-bond acceptors (Lipinski definition) is 2. The van der Waals surface area contributed by atoms with Gasteiger partial charge in [-0.1, -0.05) is 39.0 Å². The second kappa shape index (κ2) is 9.12. The molecule has 2 heteroatoms. The Kier molecular flexibility index (Phi) is 8.44. The van der Waals surface area contributed by atoms with Crippen molar-refractivity contribution in [2.45, 2.75) is 46.0 Å². The van der Waals surface area contributed by atoms with Crippen molar-refractivity contribution in [2.24, 2.45) is 0 Å². The predicted octanol–water partition coefficient (Wildman–Crippen LogP) is 2.52. The summed E-state index contributed by atoms with van der Waals surface area (Å²) in [5, 5.41) is 0. The third kappa shape index (κ3) is 8.94. The van der Waals surface area contributed by atoms with Crippen molar-refractivity contribution in [1.29, 1.82) is 0 Å². The topological polar surface area (TPSA) is 26.3 Å². The van der Waals surface area contributed by atoms with Crippen LogP contribution in [0, 0.1) is 11.8 Å². The molecule has 74 valence electrons. The van der Waals surface area contributed by atoms with Gasteiger partial charge in [-0.3, -0.25) is 0 Å². The van der Waals surface area contributed by atoms with E-state index < -0.39 is 5.97 Å². The van der Waals surface area contributed by atoms with Crippen LogP contribution in [-0.4, -0.2) is 12.6 Å². The number of carbonyl (C=O) groups excluding carboxylic acids is 1. The molecule has 0 unspecified atom stereocenters. The molecule has 0 radical (unpaired) electrons. The quantitative estimate of drug-likeness (QED) is 0.282. The van der Waals surface area contributed by atoms with E-state index in [1.54, 1.807) is 0 Å². The van der Waals surface area contributed by atoms with Crippen LogP contribution in [0.25, 0.3) is 0 Å². The van der Waals surface area contributed by atoms with Crippen LogP contribution >= 0.6 is 0 Å². The second-order valence-electron chi connectivity index (χ2n) is 2.85. The molecule has 0 fully saturated rings. The molecule has 0 heterocycles. The van der Waals surface area contributed by atoms with Crippen molar-refractivity contribution in [2.75, 3.05) is 6.61 Å². The summed E-state index contributed by atoms with van der Waals surface area (Å²) in [6, 6.07) is 0. The summed E-state index contributed by atoms with van der Waals surface area (Å²) in [5.41, 5.74) is 0. The van der Waals surface area contributed by atoms with E-state index in [9.17, 15) is 4.79 Å². The summed E-state index contributed by atoms with van der Waals surface area (Å²) >= 11 is 0. The fourth-order valence-corrected chi connectivity index (χ4v) is 0.890. The number of rotatable bonds is 5. The molecule has 0 N–H and O–H groups in total. The third-order valence-corrected chi connectivity index (χ3v) is 1.60. The molecule has 13 heavy (non-hydrogen) atoms. The van der Waals surface area contributed by atoms with E-state index in [1.165, 1.54) is 12.8 Å². The maximum atomic E-state index is 10.8. The van der Waals surface area contributed by atoms with Crippen LogP contribution in [0.2, 0.25) is 0 Å². The maximum absolute atomic E-state index is 10.8. The zero-order valence-electron chi connectivity index (χ0n) is 8.56. The summed E-state index contributed by atoms with van der Waals surface area (Å²) in [5.74, 6) is 4.70.